The van der Waals surface area contributed by atoms with Gasteiger partial charge in [-0.25, -0.2) is 18.5 Å². The molecule has 0 aliphatic rings. The summed E-state index contributed by atoms with van der Waals surface area (Å²) in [5.41, 5.74) is 3.26. The summed E-state index contributed by atoms with van der Waals surface area (Å²) in [6.07, 6.45) is 0. The first-order valence-electron chi connectivity index (χ1n) is 7.34. The number of nitrogens with zero attached hydrogens (tertiary/aromatic N) is 2. The van der Waals surface area contributed by atoms with Gasteiger partial charge >= 0.3 is 0 Å². The molecule has 5 nitrogen and oxygen atoms in total. The molecule has 1 heterocycles. The van der Waals surface area contributed by atoms with Crippen molar-refractivity contribution in [3.05, 3.63) is 63.2 Å². The number of primary sulfonamides is 1. The second-order valence-electron chi connectivity index (χ2n) is 5.63. The van der Waals surface area contributed by atoms with Gasteiger partial charge < -0.3 is 4.57 Å². The van der Waals surface area contributed by atoms with Crippen molar-refractivity contribution in [1.82, 2.24) is 4.57 Å². The van der Waals surface area contributed by atoms with Gasteiger partial charge in [0, 0.05) is 23.0 Å². The molecule has 0 aliphatic carbocycles. The van der Waals surface area contributed by atoms with E-state index in [-0.39, 0.29) is 21.9 Å². The van der Waals surface area contributed by atoms with Crippen molar-refractivity contribution in [2.24, 2.45) is 17.2 Å². The highest BCUT2D eigenvalue weighted by Gasteiger charge is 2.12. The van der Waals surface area contributed by atoms with Gasteiger partial charge in [-0.05, 0) is 55.0 Å². The van der Waals surface area contributed by atoms with E-state index in [1.54, 1.807) is 24.3 Å². The molecule has 0 radical (unpaired) electrons. The quantitative estimate of drug-likeness (QED) is 0.618. The van der Waals surface area contributed by atoms with Gasteiger partial charge in [-0.15, -0.1) is 28.3 Å². The predicted octanol–water partition coefficient (Wildman–Crippen LogP) is 4.17. The van der Waals surface area contributed by atoms with Crippen molar-refractivity contribution in [2.75, 3.05) is 0 Å². The zero-order valence-electron chi connectivity index (χ0n) is 14.0. The fourth-order valence-corrected chi connectivity index (χ4v) is 4.11. The van der Waals surface area contributed by atoms with Gasteiger partial charge in [-0.1, -0.05) is 11.6 Å². The number of rotatable bonds is 3. The Kier molecular flexibility index (Phi) is 6.46. The Morgan fingerprint density at radius 2 is 1.81 bits per heavy atom. The fourth-order valence-electron chi connectivity index (χ4n) is 2.42. The first-order chi connectivity index (χ1) is 11.7. The third kappa shape index (κ3) is 4.63. The Labute approximate surface area is 171 Å². The number of sulfonamides is 1. The van der Waals surface area contributed by atoms with E-state index < -0.39 is 10.0 Å². The fraction of sp³-hybridized carbons (Fsp3) is 0.118. The van der Waals surface area contributed by atoms with Crippen LogP contribution in [0.3, 0.4) is 0 Å². The number of nitrogens with two attached hydrogens (primary N) is 1. The van der Waals surface area contributed by atoms with Gasteiger partial charge in [-0.3, -0.25) is 0 Å². The van der Waals surface area contributed by atoms with E-state index in [1.807, 2.05) is 42.1 Å². The van der Waals surface area contributed by atoms with E-state index in [1.165, 1.54) is 11.3 Å². The van der Waals surface area contributed by atoms with Gasteiger partial charge in [0.05, 0.1) is 16.3 Å². The highest BCUT2D eigenvalue weighted by atomic mass is 79.9. The lowest BCUT2D eigenvalue weighted by atomic mass is 10.1. The zero-order valence-corrected chi connectivity index (χ0v) is 18.1. The van der Waals surface area contributed by atoms with E-state index in [9.17, 15) is 8.42 Å². The van der Waals surface area contributed by atoms with Gasteiger partial charge in [-0.2, -0.15) is 0 Å². The normalized spacial score (nSPS) is 12.1. The summed E-state index contributed by atoms with van der Waals surface area (Å²) >= 11 is 7.36. The minimum Gasteiger partial charge on any atom is -0.320 e. The lowest BCUT2D eigenvalue weighted by Crippen LogP contribution is -2.13. The van der Waals surface area contributed by atoms with Gasteiger partial charge in [0.1, 0.15) is 0 Å². The molecule has 138 valence electrons. The molecular formula is C17H17BrClN3O2S2. The van der Waals surface area contributed by atoms with Crippen molar-refractivity contribution in [1.29, 1.82) is 0 Å². The molecule has 0 aliphatic heterocycles. The van der Waals surface area contributed by atoms with E-state index >= 15 is 0 Å². The van der Waals surface area contributed by atoms with Crippen molar-refractivity contribution < 1.29 is 8.42 Å². The SMILES string of the molecule is Br.Cc1cc(-c2csc(=Nc3ccc(Cl)cc3)n2C)cc(S(N)(=O)=O)c1. The number of halogens is 2. The molecular weight excluding hydrogens is 458 g/mol. The molecule has 9 heteroatoms. The maximum absolute atomic E-state index is 11.7. The molecule has 0 saturated carbocycles. The number of thiazole rings is 1. The summed E-state index contributed by atoms with van der Waals surface area (Å²) < 4.78 is 25.3. The average molecular weight is 475 g/mol. The van der Waals surface area contributed by atoms with Crippen LogP contribution in [0.1, 0.15) is 5.56 Å². The summed E-state index contributed by atoms with van der Waals surface area (Å²) in [4.78, 5) is 5.49. The van der Waals surface area contributed by atoms with Crippen molar-refractivity contribution in [3.8, 4) is 11.3 Å². The molecule has 0 bridgehead atoms. The molecule has 2 aromatic carbocycles. The second-order valence-corrected chi connectivity index (χ2v) is 8.46. The van der Waals surface area contributed by atoms with E-state index in [0.29, 0.717) is 5.02 Å². The Hall–Kier alpha value is -1.45. The molecule has 0 fully saturated rings. The number of aryl methyl sites for hydroxylation is 1. The van der Waals surface area contributed by atoms with Crippen molar-refractivity contribution >= 4 is 55.6 Å². The monoisotopic (exact) mass is 473 g/mol. The van der Waals surface area contributed by atoms with E-state index in [4.69, 9.17) is 16.7 Å². The molecule has 3 aromatic rings. The highest BCUT2D eigenvalue weighted by Crippen LogP contribution is 2.24. The van der Waals surface area contributed by atoms with Gasteiger partial charge in [0.25, 0.3) is 0 Å². The molecule has 0 unspecified atom stereocenters. The van der Waals surface area contributed by atoms with Crippen LogP contribution in [0.25, 0.3) is 11.3 Å². The van der Waals surface area contributed by atoms with Crippen LogP contribution in [0.4, 0.5) is 5.69 Å². The van der Waals surface area contributed by atoms with Crippen LogP contribution in [0.15, 0.2) is 57.7 Å². The molecule has 0 atom stereocenters. The molecule has 0 amide bonds. The topological polar surface area (TPSA) is 77.5 Å². The first kappa shape index (κ1) is 20.9. The van der Waals surface area contributed by atoms with Gasteiger partial charge in [0.15, 0.2) is 4.80 Å². The van der Waals surface area contributed by atoms with Crippen LogP contribution >= 0.6 is 39.9 Å². The van der Waals surface area contributed by atoms with Crippen LogP contribution in [-0.2, 0) is 17.1 Å². The number of benzene rings is 2. The maximum Gasteiger partial charge on any atom is 0.238 e. The molecule has 1 aromatic heterocycles. The summed E-state index contributed by atoms with van der Waals surface area (Å²) in [7, 11) is -1.87. The minimum absolute atomic E-state index is 0. The number of hydrogen-bond donors (Lipinski definition) is 1. The molecule has 0 spiro atoms. The first-order valence-corrected chi connectivity index (χ1v) is 10.1. The second kappa shape index (κ2) is 8.06. The van der Waals surface area contributed by atoms with Gasteiger partial charge in [0.2, 0.25) is 10.0 Å². The minimum atomic E-state index is -3.76. The Balaban J connectivity index is 0.00000243. The summed E-state index contributed by atoms with van der Waals surface area (Å²) in [6, 6.07) is 12.3. The lowest BCUT2D eigenvalue weighted by molar-refractivity contribution is 0.597. The van der Waals surface area contributed by atoms with E-state index in [2.05, 4.69) is 4.99 Å². The maximum atomic E-state index is 11.7. The summed E-state index contributed by atoms with van der Waals surface area (Å²) in [5, 5.41) is 7.87. The molecule has 3 rings (SSSR count). The third-order valence-corrected chi connectivity index (χ3v) is 5.71. The Morgan fingerprint density at radius 1 is 1.15 bits per heavy atom. The van der Waals surface area contributed by atoms with Crippen LogP contribution in [-0.4, -0.2) is 13.0 Å². The Morgan fingerprint density at radius 3 is 2.42 bits per heavy atom. The third-order valence-electron chi connectivity index (χ3n) is 3.65. The zero-order chi connectivity index (χ0) is 18.2. The van der Waals surface area contributed by atoms with E-state index in [0.717, 1.165) is 27.3 Å². The van der Waals surface area contributed by atoms with Crippen molar-refractivity contribution in [3.63, 3.8) is 0 Å². The van der Waals surface area contributed by atoms with Crippen LogP contribution in [0, 0.1) is 6.92 Å². The lowest BCUT2D eigenvalue weighted by Gasteiger charge is -2.07. The molecule has 0 saturated heterocycles. The van der Waals surface area contributed by atoms with Crippen LogP contribution in [0.2, 0.25) is 5.02 Å². The summed E-state index contributed by atoms with van der Waals surface area (Å²) in [5.74, 6) is 0. The van der Waals surface area contributed by atoms with Crippen LogP contribution in [0.5, 0.6) is 0 Å². The largest absolute Gasteiger partial charge is 0.320 e. The number of aromatic nitrogens is 1. The summed E-state index contributed by atoms with van der Waals surface area (Å²) in [6.45, 7) is 1.84. The molecule has 26 heavy (non-hydrogen) atoms. The van der Waals surface area contributed by atoms with Crippen molar-refractivity contribution in [2.45, 2.75) is 11.8 Å². The smallest absolute Gasteiger partial charge is 0.238 e. The molecule has 2 N–H and O–H groups in total. The Bertz CT molecular complexity index is 1100. The highest BCUT2D eigenvalue weighted by molar-refractivity contribution is 8.93. The standard InChI is InChI=1S/C17H16ClN3O2S2.BrH/c1-11-7-12(9-15(8-11)25(19,22)23)16-10-24-17(21(16)2)20-14-5-3-13(18)4-6-14;/h3-10H,1-2H3,(H2,19,22,23);1H. The van der Waals surface area contributed by atoms with Crippen LogP contribution < -0.4 is 9.94 Å². The predicted molar refractivity (Wildman–Crippen MR) is 112 cm³/mol. The average Bonchev–Trinajstić information content (AvgIpc) is 2.89. The number of hydrogen-bond acceptors (Lipinski definition) is 4.